The average Bonchev–Trinajstić information content (AvgIpc) is 2.43. The predicted octanol–water partition coefficient (Wildman–Crippen LogP) is 2.23. The zero-order chi connectivity index (χ0) is 14.4. The number of likely N-dealkylation sites (N-methyl/N-ethyl adjacent to an activating group) is 1. The Hall–Kier alpha value is -1.81. The van der Waals surface area contributed by atoms with Crippen molar-refractivity contribution in [3.8, 4) is 0 Å². The minimum Gasteiger partial charge on any atom is -0.317 e. The van der Waals surface area contributed by atoms with Crippen LogP contribution >= 0.6 is 0 Å². The minimum absolute atomic E-state index is 0.739. The van der Waals surface area contributed by atoms with Crippen LogP contribution in [0, 0.1) is 13.8 Å². The van der Waals surface area contributed by atoms with Gasteiger partial charge in [0, 0.05) is 30.2 Å². The SMILES string of the molecule is CCNCCc1c(C)nc(Cc2cccnc2)nc1C. The van der Waals surface area contributed by atoms with Crippen LogP contribution in [0.2, 0.25) is 0 Å². The van der Waals surface area contributed by atoms with Crippen LogP contribution in [-0.2, 0) is 12.8 Å². The van der Waals surface area contributed by atoms with Gasteiger partial charge in [0.15, 0.2) is 0 Å². The van der Waals surface area contributed by atoms with Gasteiger partial charge in [-0.2, -0.15) is 0 Å². The standard InChI is InChI=1S/C16H22N4/c1-4-17-9-7-15-12(2)19-16(20-13(15)3)10-14-6-5-8-18-11-14/h5-6,8,11,17H,4,7,9-10H2,1-3H3. The second-order valence-corrected chi connectivity index (χ2v) is 4.93. The quantitative estimate of drug-likeness (QED) is 0.818. The number of aromatic nitrogens is 3. The van der Waals surface area contributed by atoms with Gasteiger partial charge in [0.05, 0.1) is 0 Å². The topological polar surface area (TPSA) is 50.7 Å². The Morgan fingerprint density at radius 2 is 1.90 bits per heavy atom. The van der Waals surface area contributed by atoms with Gasteiger partial charge in [-0.25, -0.2) is 9.97 Å². The molecule has 4 nitrogen and oxygen atoms in total. The van der Waals surface area contributed by atoms with Gasteiger partial charge in [0.25, 0.3) is 0 Å². The van der Waals surface area contributed by atoms with Crippen molar-refractivity contribution in [3.63, 3.8) is 0 Å². The molecule has 0 spiro atoms. The van der Waals surface area contributed by atoms with E-state index in [9.17, 15) is 0 Å². The van der Waals surface area contributed by atoms with Crippen LogP contribution in [0.25, 0.3) is 0 Å². The van der Waals surface area contributed by atoms with Crippen LogP contribution < -0.4 is 5.32 Å². The Balaban J connectivity index is 2.13. The molecule has 2 heterocycles. The van der Waals surface area contributed by atoms with E-state index in [0.29, 0.717) is 0 Å². The number of aryl methyl sites for hydroxylation is 2. The van der Waals surface area contributed by atoms with Gasteiger partial charge in [0.1, 0.15) is 5.82 Å². The van der Waals surface area contributed by atoms with Gasteiger partial charge in [-0.3, -0.25) is 4.98 Å². The van der Waals surface area contributed by atoms with E-state index in [2.05, 4.69) is 47.1 Å². The maximum absolute atomic E-state index is 4.64. The molecule has 0 radical (unpaired) electrons. The molecule has 0 atom stereocenters. The number of hydrogen-bond donors (Lipinski definition) is 1. The lowest BCUT2D eigenvalue weighted by atomic mass is 10.1. The Kier molecular flexibility index (Phi) is 5.18. The highest BCUT2D eigenvalue weighted by Crippen LogP contribution is 2.13. The Labute approximate surface area is 120 Å². The predicted molar refractivity (Wildman–Crippen MR) is 80.8 cm³/mol. The number of rotatable bonds is 6. The Morgan fingerprint density at radius 1 is 1.15 bits per heavy atom. The van der Waals surface area contributed by atoms with E-state index in [0.717, 1.165) is 48.7 Å². The van der Waals surface area contributed by atoms with Gasteiger partial charge in [-0.1, -0.05) is 13.0 Å². The maximum Gasteiger partial charge on any atom is 0.133 e. The summed E-state index contributed by atoms with van der Waals surface area (Å²) >= 11 is 0. The molecule has 2 aromatic heterocycles. The summed E-state index contributed by atoms with van der Waals surface area (Å²) in [5.41, 5.74) is 4.59. The van der Waals surface area contributed by atoms with E-state index in [-0.39, 0.29) is 0 Å². The molecule has 0 aliphatic rings. The highest BCUT2D eigenvalue weighted by Gasteiger charge is 2.08. The molecule has 2 rings (SSSR count). The highest BCUT2D eigenvalue weighted by atomic mass is 14.9. The summed E-state index contributed by atoms with van der Waals surface area (Å²) < 4.78 is 0. The molecule has 20 heavy (non-hydrogen) atoms. The summed E-state index contributed by atoms with van der Waals surface area (Å²) in [6, 6.07) is 4.00. The molecule has 0 aliphatic carbocycles. The molecule has 0 aromatic carbocycles. The van der Waals surface area contributed by atoms with Crippen molar-refractivity contribution in [3.05, 3.63) is 52.9 Å². The first-order valence-corrected chi connectivity index (χ1v) is 7.13. The van der Waals surface area contributed by atoms with Crippen molar-refractivity contribution < 1.29 is 0 Å². The fraction of sp³-hybridized carbons (Fsp3) is 0.438. The number of hydrogen-bond acceptors (Lipinski definition) is 4. The van der Waals surface area contributed by atoms with Crippen LogP contribution in [0.5, 0.6) is 0 Å². The first-order valence-electron chi connectivity index (χ1n) is 7.13. The van der Waals surface area contributed by atoms with Crippen molar-refractivity contribution >= 4 is 0 Å². The summed E-state index contributed by atoms with van der Waals surface area (Å²) in [7, 11) is 0. The minimum atomic E-state index is 0.739. The molecule has 0 bridgehead atoms. The second-order valence-electron chi connectivity index (χ2n) is 4.93. The van der Waals surface area contributed by atoms with Crippen molar-refractivity contribution in [1.29, 1.82) is 0 Å². The average molecular weight is 270 g/mol. The molecule has 0 saturated carbocycles. The van der Waals surface area contributed by atoms with E-state index < -0.39 is 0 Å². The summed E-state index contributed by atoms with van der Waals surface area (Å²) in [6.07, 6.45) is 5.37. The normalized spacial score (nSPS) is 10.8. The molecule has 106 valence electrons. The lowest BCUT2D eigenvalue weighted by Crippen LogP contribution is -2.18. The number of nitrogens with zero attached hydrogens (tertiary/aromatic N) is 3. The van der Waals surface area contributed by atoms with Gasteiger partial charge in [-0.05, 0) is 50.6 Å². The molecule has 0 amide bonds. The molecule has 0 fully saturated rings. The lowest BCUT2D eigenvalue weighted by molar-refractivity contribution is 0.705. The molecule has 0 aliphatic heterocycles. The van der Waals surface area contributed by atoms with Crippen LogP contribution in [0.1, 0.15) is 35.3 Å². The second kappa shape index (κ2) is 7.10. The summed E-state index contributed by atoms with van der Waals surface area (Å²) in [5, 5.41) is 3.34. The summed E-state index contributed by atoms with van der Waals surface area (Å²) in [5.74, 6) is 0.875. The maximum atomic E-state index is 4.64. The Bertz CT molecular complexity index is 529. The lowest BCUT2D eigenvalue weighted by Gasteiger charge is -2.11. The van der Waals surface area contributed by atoms with E-state index >= 15 is 0 Å². The van der Waals surface area contributed by atoms with Gasteiger partial charge in [0.2, 0.25) is 0 Å². The highest BCUT2D eigenvalue weighted by molar-refractivity contribution is 5.26. The van der Waals surface area contributed by atoms with E-state index in [4.69, 9.17) is 0 Å². The largest absolute Gasteiger partial charge is 0.317 e. The fourth-order valence-electron chi connectivity index (χ4n) is 2.33. The van der Waals surface area contributed by atoms with E-state index in [1.807, 2.05) is 12.3 Å². The molecule has 0 unspecified atom stereocenters. The van der Waals surface area contributed by atoms with Crippen LogP contribution in [0.3, 0.4) is 0 Å². The summed E-state index contributed by atoms with van der Waals surface area (Å²) in [6.45, 7) is 8.24. The molecular weight excluding hydrogens is 248 g/mol. The van der Waals surface area contributed by atoms with Gasteiger partial charge < -0.3 is 5.32 Å². The molecular formula is C16H22N4. The van der Waals surface area contributed by atoms with E-state index in [1.165, 1.54) is 5.56 Å². The van der Waals surface area contributed by atoms with Crippen LogP contribution in [0.15, 0.2) is 24.5 Å². The molecule has 0 saturated heterocycles. The van der Waals surface area contributed by atoms with Crippen LogP contribution in [0.4, 0.5) is 0 Å². The number of nitrogens with one attached hydrogen (secondary N) is 1. The van der Waals surface area contributed by atoms with Gasteiger partial charge >= 0.3 is 0 Å². The van der Waals surface area contributed by atoms with Crippen LogP contribution in [-0.4, -0.2) is 28.0 Å². The zero-order valence-electron chi connectivity index (χ0n) is 12.5. The zero-order valence-corrected chi connectivity index (χ0v) is 12.5. The molecule has 4 heteroatoms. The first-order chi connectivity index (χ1) is 9.70. The monoisotopic (exact) mass is 270 g/mol. The van der Waals surface area contributed by atoms with Gasteiger partial charge in [-0.15, -0.1) is 0 Å². The third kappa shape index (κ3) is 3.84. The molecule has 2 aromatic rings. The van der Waals surface area contributed by atoms with E-state index in [1.54, 1.807) is 6.20 Å². The van der Waals surface area contributed by atoms with Crippen molar-refractivity contribution in [2.24, 2.45) is 0 Å². The Morgan fingerprint density at radius 3 is 2.50 bits per heavy atom. The summed E-state index contributed by atoms with van der Waals surface area (Å²) in [4.78, 5) is 13.4. The first kappa shape index (κ1) is 14.6. The van der Waals surface area contributed by atoms with Crippen molar-refractivity contribution in [1.82, 2.24) is 20.3 Å². The fourth-order valence-corrected chi connectivity index (χ4v) is 2.33. The van der Waals surface area contributed by atoms with Crippen molar-refractivity contribution in [2.45, 2.75) is 33.6 Å². The number of pyridine rings is 1. The third-order valence-corrected chi connectivity index (χ3v) is 3.35. The molecule has 1 N–H and O–H groups in total. The smallest absolute Gasteiger partial charge is 0.133 e. The third-order valence-electron chi connectivity index (χ3n) is 3.35. The van der Waals surface area contributed by atoms with Crippen molar-refractivity contribution in [2.75, 3.05) is 13.1 Å².